The summed E-state index contributed by atoms with van der Waals surface area (Å²) in [6.45, 7) is 2.04. The van der Waals surface area contributed by atoms with Crippen LogP contribution < -0.4 is 0 Å². The number of nitrogens with zero attached hydrogens (tertiary/aromatic N) is 1. The van der Waals surface area contributed by atoms with Crippen LogP contribution in [-0.4, -0.2) is 11.3 Å². The Kier molecular flexibility index (Phi) is 2.83. The lowest BCUT2D eigenvalue weighted by atomic mass is 10.3. The highest BCUT2D eigenvalue weighted by molar-refractivity contribution is 7.11. The molecule has 0 atom stereocenters. The number of hydrogen-bond acceptors (Lipinski definition) is 3. The summed E-state index contributed by atoms with van der Waals surface area (Å²) in [5.41, 5.74) is 1.81. The highest BCUT2D eigenvalue weighted by Crippen LogP contribution is 2.25. The van der Waals surface area contributed by atoms with Crippen LogP contribution in [0.1, 0.15) is 10.4 Å². The number of aliphatic imine (C=N–C) groups is 1. The number of thiophene rings is 1. The molecule has 0 saturated carbocycles. The molecule has 1 heterocycles. The van der Waals surface area contributed by atoms with Crippen LogP contribution in [0.2, 0.25) is 0 Å². The molecule has 0 saturated heterocycles. The molecule has 1 N–H and O–H groups in total. The minimum Gasteiger partial charge on any atom is -0.506 e. The molecule has 0 aliphatic rings. The van der Waals surface area contributed by atoms with E-state index in [2.05, 4.69) is 11.1 Å². The van der Waals surface area contributed by atoms with Gasteiger partial charge < -0.3 is 5.11 Å². The Morgan fingerprint density at radius 2 is 2.07 bits per heavy atom. The molecule has 0 amide bonds. The van der Waals surface area contributed by atoms with Gasteiger partial charge in [-0.05, 0) is 36.1 Å². The minimum absolute atomic E-state index is 0.211. The lowest BCUT2D eigenvalue weighted by molar-refractivity contribution is 0.477. The van der Waals surface area contributed by atoms with E-state index in [1.165, 1.54) is 5.56 Å². The third-order valence-corrected chi connectivity index (χ3v) is 3.06. The van der Waals surface area contributed by atoms with Gasteiger partial charge in [0.2, 0.25) is 0 Å². The van der Waals surface area contributed by atoms with Crippen molar-refractivity contribution in [1.29, 1.82) is 0 Å². The highest BCUT2D eigenvalue weighted by Gasteiger charge is 1.97. The van der Waals surface area contributed by atoms with Crippen molar-refractivity contribution in [1.82, 2.24) is 0 Å². The van der Waals surface area contributed by atoms with Gasteiger partial charge in [0.1, 0.15) is 11.4 Å². The lowest BCUT2D eigenvalue weighted by Gasteiger charge is -1.96. The number of benzene rings is 1. The summed E-state index contributed by atoms with van der Waals surface area (Å²) in [4.78, 5) is 5.37. The van der Waals surface area contributed by atoms with Crippen LogP contribution in [0.25, 0.3) is 0 Å². The molecule has 0 spiro atoms. The second-order valence-corrected chi connectivity index (χ2v) is 4.16. The third kappa shape index (κ3) is 2.25. The van der Waals surface area contributed by atoms with Crippen molar-refractivity contribution in [3.63, 3.8) is 0 Å². The van der Waals surface area contributed by atoms with Crippen LogP contribution in [0, 0.1) is 6.92 Å². The predicted molar refractivity (Wildman–Crippen MR) is 64.4 cm³/mol. The molecule has 0 aliphatic heterocycles. The topological polar surface area (TPSA) is 32.6 Å². The van der Waals surface area contributed by atoms with Crippen LogP contribution >= 0.6 is 11.3 Å². The van der Waals surface area contributed by atoms with E-state index in [-0.39, 0.29) is 5.75 Å². The monoisotopic (exact) mass is 217 g/mol. The van der Waals surface area contributed by atoms with E-state index in [0.717, 1.165) is 4.88 Å². The van der Waals surface area contributed by atoms with Crippen molar-refractivity contribution >= 4 is 23.2 Å². The number of hydrogen-bond donors (Lipinski definition) is 1. The zero-order valence-electron chi connectivity index (χ0n) is 8.34. The fourth-order valence-electron chi connectivity index (χ4n) is 1.22. The average molecular weight is 217 g/mol. The van der Waals surface area contributed by atoms with Crippen molar-refractivity contribution in [2.24, 2.45) is 4.99 Å². The zero-order valence-corrected chi connectivity index (χ0v) is 9.16. The predicted octanol–water partition coefficient (Wildman–Crippen LogP) is 3.51. The number of aryl methyl sites for hydroxylation is 1. The summed E-state index contributed by atoms with van der Waals surface area (Å²) in [7, 11) is 0. The average Bonchev–Trinajstić information content (AvgIpc) is 2.63. The van der Waals surface area contributed by atoms with E-state index in [1.54, 1.807) is 35.8 Å². The Labute approximate surface area is 92.5 Å². The maximum atomic E-state index is 9.50. The Morgan fingerprint density at radius 1 is 1.27 bits per heavy atom. The molecule has 0 radical (unpaired) electrons. The molecule has 15 heavy (non-hydrogen) atoms. The van der Waals surface area contributed by atoms with Gasteiger partial charge in [0, 0.05) is 11.1 Å². The van der Waals surface area contributed by atoms with E-state index < -0.39 is 0 Å². The number of aromatic hydroxyl groups is 1. The van der Waals surface area contributed by atoms with Gasteiger partial charge in [-0.25, -0.2) is 0 Å². The SMILES string of the molecule is Cc1ccsc1C=Nc1ccccc1O. The molecule has 2 aromatic rings. The quantitative estimate of drug-likeness (QED) is 0.767. The molecule has 0 unspecified atom stereocenters. The first-order chi connectivity index (χ1) is 7.27. The van der Waals surface area contributed by atoms with Crippen LogP contribution in [0.5, 0.6) is 5.75 Å². The van der Waals surface area contributed by atoms with Gasteiger partial charge in [-0.1, -0.05) is 12.1 Å². The summed E-state index contributed by atoms with van der Waals surface area (Å²) in [6, 6.07) is 9.11. The standard InChI is InChI=1S/C12H11NOS/c1-9-6-7-15-12(9)8-13-10-4-2-3-5-11(10)14/h2-8,14H,1H3. The van der Waals surface area contributed by atoms with Crippen molar-refractivity contribution in [2.75, 3.05) is 0 Å². The Balaban J connectivity index is 2.26. The Hall–Kier alpha value is -1.61. The van der Waals surface area contributed by atoms with Crippen molar-refractivity contribution in [2.45, 2.75) is 6.92 Å². The van der Waals surface area contributed by atoms with Crippen molar-refractivity contribution in [3.8, 4) is 5.75 Å². The molecule has 1 aromatic carbocycles. The van der Waals surface area contributed by atoms with Gasteiger partial charge in [0.25, 0.3) is 0 Å². The smallest absolute Gasteiger partial charge is 0.141 e. The van der Waals surface area contributed by atoms with Gasteiger partial charge in [-0.2, -0.15) is 0 Å². The van der Waals surface area contributed by atoms with E-state index in [0.29, 0.717) is 5.69 Å². The molecule has 0 fully saturated rings. The van der Waals surface area contributed by atoms with Crippen LogP contribution in [0.4, 0.5) is 5.69 Å². The number of para-hydroxylation sites is 2. The van der Waals surface area contributed by atoms with Gasteiger partial charge in [-0.15, -0.1) is 11.3 Å². The normalized spacial score (nSPS) is 11.0. The minimum atomic E-state index is 0.211. The molecule has 76 valence electrons. The fraction of sp³-hybridized carbons (Fsp3) is 0.0833. The maximum Gasteiger partial charge on any atom is 0.141 e. The first-order valence-electron chi connectivity index (χ1n) is 4.63. The maximum absolute atomic E-state index is 9.50. The second-order valence-electron chi connectivity index (χ2n) is 3.21. The number of phenols is 1. The third-order valence-electron chi connectivity index (χ3n) is 2.10. The summed E-state index contributed by atoms with van der Waals surface area (Å²) < 4.78 is 0. The van der Waals surface area contributed by atoms with Crippen molar-refractivity contribution in [3.05, 3.63) is 46.2 Å². The summed E-state index contributed by atoms with van der Waals surface area (Å²) in [5.74, 6) is 0.211. The summed E-state index contributed by atoms with van der Waals surface area (Å²) in [6.07, 6.45) is 1.79. The molecule has 0 bridgehead atoms. The molecular formula is C12H11NOS. The van der Waals surface area contributed by atoms with E-state index >= 15 is 0 Å². The number of phenolic OH excluding ortho intramolecular Hbond substituents is 1. The first-order valence-corrected chi connectivity index (χ1v) is 5.51. The summed E-state index contributed by atoms with van der Waals surface area (Å²) in [5, 5.41) is 11.5. The van der Waals surface area contributed by atoms with Crippen LogP contribution in [-0.2, 0) is 0 Å². The second kappa shape index (κ2) is 4.28. The largest absolute Gasteiger partial charge is 0.506 e. The Morgan fingerprint density at radius 3 is 2.73 bits per heavy atom. The summed E-state index contributed by atoms with van der Waals surface area (Å²) >= 11 is 1.64. The van der Waals surface area contributed by atoms with E-state index in [1.807, 2.05) is 18.4 Å². The van der Waals surface area contributed by atoms with Gasteiger partial charge in [-0.3, -0.25) is 4.99 Å². The molecule has 2 rings (SSSR count). The molecular weight excluding hydrogens is 206 g/mol. The number of rotatable bonds is 2. The molecule has 0 aliphatic carbocycles. The molecule has 1 aromatic heterocycles. The van der Waals surface area contributed by atoms with E-state index in [9.17, 15) is 5.11 Å². The Bertz CT molecular complexity index is 488. The fourth-order valence-corrected chi connectivity index (χ4v) is 2.00. The van der Waals surface area contributed by atoms with Crippen molar-refractivity contribution < 1.29 is 5.11 Å². The highest BCUT2D eigenvalue weighted by atomic mass is 32.1. The molecule has 2 nitrogen and oxygen atoms in total. The van der Waals surface area contributed by atoms with E-state index in [4.69, 9.17) is 0 Å². The molecule has 3 heteroatoms. The van der Waals surface area contributed by atoms with Gasteiger partial charge in [0.05, 0.1) is 0 Å². The van der Waals surface area contributed by atoms with Gasteiger partial charge >= 0.3 is 0 Å². The lowest BCUT2D eigenvalue weighted by Crippen LogP contribution is -1.77. The first kappa shape index (κ1) is 9.93. The van der Waals surface area contributed by atoms with Gasteiger partial charge in [0.15, 0.2) is 0 Å². The zero-order chi connectivity index (χ0) is 10.7. The van der Waals surface area contributed by atoms with Crippen LogP contribution in [0.3, 0.4) is 0 Å². The van der Waals surface area contributed by atoms with Crippen LogP contribution in [0.15, 0.2) is 40.7 Å².